The molecule has 0 atom stereocenters. The molecule has 0 amide bonds. The lowest BCUT2D eigenvalue weighted by Gasteiger charge is -2.13. The average Bonchev–Trinajstić information content (AvgIpc) is 2.44. The number of hydrogen-bond donors (Lipinski definition) is 0. The van der Waals surface area contributed by atoms with Crippen molar-refractivity contribution in [2.45, 2.75) is 6.92 Å². The maximum absolute atomic E-state index is 11.1. The minimum Gasteiger partial charge on any atom is -0.493 e. The third kappa shape index (κ3) is 4.01. The second-order valence-electron chi connectivity index (χ2n) is 3.70. The van der Waals surface area contributed by atoms with E-state index in [-0.39, 0.29) is 5.75 Å². The molecule has 1 aromatic rings. The van der Waals surface area contributed by atoms with Crippen LogP contribution in [0.4, 0.5) is 0 Å². The summed E-state index contributed by atoms with van der Waals surface area (Å²) in [6.45, 7) is 1.28. The van der Waals surface area contributed by atoms with Crippen LogP contribution in [0.5, 0.6) is 17.2 Å². The Kier molecular flexibility index (Phi) is 5.58. The van der Waals surface area contributed by atoms with Crippen LogP contribution in [0.3, 0.4) is 0 Å². The van der Waals surface area contributed by atoms with Crippen molar-refractivity contribution in [1.82, 2.24) is 0 Å². The molecule has 0 saturated carbocycles. The Hall–Kier alpha value is -2.50. The standard InChI is InChI=1S/C14H16O6/c1-9(15)20-14-11(17-2)7-10(8-12(14)18-3)5-6-13(16)19-4/h5-8H,1-4H3/b6-5+. The first kappa shape index (κ1) is 15.6. The van der Waals surface area contributed by atoms with Gasteiger partial charge < -0.3 is 18.9 Å². The zero-order valence-electron chi connectivity index (χ0n) is 11.8. The van der Waals surface area contributed by atoms with Gasteiger partial charge in [0.1, 0.15) is 0 Å². The van der Waals surface area contributed by atoms with E-state index >= 15 is 0 Å². The third-order valence-electron chi connectivity index (χ3n) is 2.34. The number of hydrogen-bond acceptors (Lipinski definition) is 6. The number of benzene rings is 1. The molecule has 0 aromatic heterocycles. The molecule has 0 saturated heterocycles. The highest BCUT2D eigenvalue weighted by Gasteiger charge is 2.15. The molecule has 6 heteroatoms. The van der Waals surface area contributed by atoms with Crippen LogP contribution in [0.2, 0.25) is 0 Å². The Labute approximate surface area is 116 Å². The van der Waals surface area contributed by atoms with Gasteiger partial charge in [-0.25, -0.2) is 4.79 Å². The molecule has 1 aromatic carbocycles. The number of carbonyl (C=O) groups excluding carboxylic acids is 2. The maximum atomic E-state index is 11.1. The Morgan fingerprint density at radius 3 is 2.00 bits per heavy atom. The zero-order valence-corrected chi connectivity index (χ0v) is 11.8. The SMILES string of the molecule is COC(=O)/C=C/c1cc(OC)c(OC(C)=O)c(OC)c1. The largest absolute Gasteiger partial charge is 0.493 e. The van der Waals surface area contributed by atoms with Crippen molar-refractivity contribution in [3.63, 3.8) is 0 Å². The highest BCUT2D eigenvalue weighted by atomic mass is 16.6. The van der Waals surface area contributed by atoms with E-state index in [0.717, 1.165) is 0 Å². The first-order valence-corrected chi connectivity index (χ1v) is 5.72. The van der Waals surface area contributed by atoms with Crippen LogP contribution in [0.25, 0.3) is 6.08 Å². The van der Waals surface area contributed by atoms with Crippen LogP contribution in [-0.4, -0.2) is 33.3 Å². The lowest BCUT2D eigenvalue weighted by Crippen LogP contribution is -2.05. The Morgan fingerprint density at radius 2 is 1.60 bits per heavy atom. The highest BCUT2D eigenvalue weighted by Crippen LogP contribution is 2.39. The number of ether oxygens (including phenoxy) is 4. The molecule has 0 bridgehead atoms. The summed E-state index contributed by atoms with van der Waals surface area (Å²) in [6, 6.07) is 3.22. The van der Waals surface area contributed by atoms with Crippen LogP contribution in [-0.2, 0) is 14.3 Å². The fourth-order valence-corrected chi connectivity index (χ4v) is 1.47. The fourth-order valence-electron chi connectivity index (χ4n) is 1.47. The highest BCUT2D eigenvalue weighted by molar-refractivity contribution is 5.87. The van der Waals surface area contributed by atoms with E-state index < -0.39 is 11.9 Å². The third-order valence-corrected chi connectivity index (χ3v) is 2.34. The summed E-state index contributed by atoms with van der Waals surface area (Å²) >= 11 is 0. The monoisotopic (exact) mass is 280 g/mol. The lowest BCUT2D eigenvalue weighted by atomic mass is 10.1. The molecule has 108 valence electrons. The number of methoxy groups -OCH3 is 3. The molecule has 0 N–H and O–H groups in total. The minimum absolute atomic E-state index is 0.192. The Bertz CT molecular complexity index is 507. The van der Waals surface area contributed by atoms with E-state index in [1.165, 1.54) is 40.4 Å². The smallest absolute Gasteiger partial charge is 0.330 e. The summed E-state index contributed by atoms with van der Waals surface area (Å²) in [5, 5.41) is 0. The molecule has 0 aliphatic rings. The van der Waals surface area contributed by atoms with Gasteiger partial charge in [0.2, 0.25) is 5.75 Å². The molecule has 6 nitrogen and oxygen atoms in total. The molecular formula is C14H16O6. The maximum Gasteiger partial charge on any atom is 0.330 e. The minimum atomic E-state index is -0.487. The lowest BCUT2D eigenvalue weighted by molar-refractivity contribution is -0.135. The predicted octanol–water partition coefficient (Wildman–Crippen LogP) is 1.82. The van der Waals surface area contributed by atoms with Crippen molar-refractivity contribution in [3.05, 3.63) is 23.8 Å². The van der Waals surface area contributed by atoms with E-state index in [1.807, 2.05) is 0 Å². The first-order chi connectivity index (χ1) is 9.51. The second kappa shape index (κ2) is 7.18. The number of esters is 2. The fraction of sp³-hybridized carbons (Fsp3) is 0.286. The van der Waals surface area contributed by atoms with Crippen LogP contribution in [0.15, 0.2) is 18.2 Å². The normalized spacial score (nSPS) is 10.2. The van der Waals surface area contributed by atoms with Gasteiger partial charge in [0.25, 0.3) is 0 Å². The molecule has 0 heterocycles. The summed E-state index contributed by atoms with van der Waals surface area (Å²) in [5.74, 6) is -0.128. The molecular weight excluding hydrogens is 264 g/mol. The molecule has 0 aliphatic carbocycles. The summed E-state index contributed by atoms with van der Waals surface area (Å²) in [7, 11) is 4.17. The molecule has 1 rings (SSSR count). The quantitative estimate of drug-likeness (QED) is 0.465. The summed E-state index contributed by atoms with van der Waals surface area (Å²) in [4.78, 5) is 22.1. The van der Waals surface area contributed by atoms with Crippen LogP contribution in [0, 0.1) is 0 Å². The Balaban J connectivity index is 3.21. The topological polar surface area (TPSA) is 71.1 Å². The van der Waals surface area contributed by atoms with Crippen molar-refractivity contribution in [3.8, 4) is 17.2 Å². The average molecular weight is 280 g/mol. The van der Waals surface area contributed by atoms with E-state index in [1.54, 1.807) is 12.1 Å². The predicted molar refractivity (Wildman–Crippen MR) is 71.9 cm³/mol. The van der Waals surface area contributed by atoms with Crippen molar-refractivity contribution in [2.24, 2.45) is 0 Å². The molecule has 0 unspecified atom stereocenters. The molecule has 0 spiro atoms. The van der Waals surface area contributed by atoms with Gasteiger partial charge in [0.05, 0.1) is 21.3 Å². The van der Waals surface area contributed by atoms with Gasteiger partial charge in [-0.2, -0.15) is 0 Å². The van der Waals surface area contributed by atoms with Crippen molar-refractivity contribution >= 4 is 18.0 Å². The van der Waals surface area contributed by atoms with Crippen LogP contribution >= 0.6 is 0 Å². The number of carbonyl (C=O) groups is 2. The van der Waals surface area contributed by atoms with Gasteiger partial charge >= 0.3 is 11.9 Å². The van der Waals surface area contributed by atoms with Gasteiger partial charge in [-0.1, -0.05) is 0 Å². The zero-order chi connectivity index (χ0) is 15.1. The van der Waals surface area contributed by atoms with Crippen molar-refractivity contribution in [2.75, 3.05) is 21.3 Å². The van der Waals surface area contributed by atoms with Gasteiger partial charge in [-0.05, 0) is 23.8 Å². The van der Waals surface area contributed by atoms with E-state index in [4.69, 9.17) is 14.2 Å². The van der Waals surface area contributed by atoms with Crippen LogP contribution in [0.1, 0.15) is 12.5 Å². The van der Waals surface area contributed by atoms with Crippen molar-refractivity contribution in [1.29, 1.82) is 0 Å². The first-order valence-electron chi connectivity index (χ1n) is 5.72. The van der Waals surface area contributed by atoms with Gasteiger partial charge in [-0.15, -0.1) is 0 Å². The van der Waals surface area contributed by atoms with E-state index in [0.29, 0.717) is 17.1 Å². The molecule has 0 fully saturated rings. The number of rotatable bonds is 5. The van der Waals surface area contributed by atoms with Crippen molar-refractivity contribution < 1.29 is 28.5 Å². The van der Waals surface area contributed by atoms with Gasteiger partial charge in [0.15, 0.2) is 11.5 Å². The van der Waals surface area contributed by atoms with E-state index in [9.17, 15) is 9.59 Å². The van der Waals surface area contributed by atoms with E-state index in [2.05, 4.69) is 4.74 Å². The van der Waals surface area contributed by atoms with Crippen LogP contribution < -0.4 is 14.2 Å². The summed E-state index contributed by atoms with van der Waals surface area (Å²) in [6.07, 6.45) is 2.80. The molecule has 0 radical (unpaired) electrons. The second-order valence-corrected chi connectivity index (χ2v) is 3.70. The Morgan fingerprint density at radius 1 is 1.05 bits per heavy atom. The van der Waals surface area contributed by atoms with Gasteiger partial charge in [0, 0.05) is 13.0 Å². The molecule has 0 aliphatic heterocycles. The molecule has 20 heavy (non-hydrogen) atoms. The van der Waals surface area contributed by atoms with Gasteiger partial charge in [-0.3, -0.25) is 4.79 Å². The summed E-state index contributed by atoms with van der Waals surface area (Å²) < 4.78 is 19.9. The summed E-state index contributed by atoms with van der Waals surface area (Å²) in [5.41, 5.74) is 0.639.